The molecule has 0 radical (unpaired) electrons. The van der Waals surface area contributed by atoms with Gasteiger partial charge in [0.25, 0.3) is 0 Å². The number of thiophene rings is 1. The van der Waals surface area contributed by atoms with E-state index in [-0.39, 0.29) is 0 Å². The molecule has 13 aromatic rings. The van der Waals surface area contributed by atoms with Gasteiger partial charge in [0, 0.05) is 53.7 Å². The molecule has 0 saturated heterocycles. The molecular weight excluding hydrogens is 767 g/mol. The van der Waals surface area contributed by atoms with E-state index in [1.54, 1.807) is 17.5 Å². The Kier molecular flexibility index (Phi) is 7.37. The minimum Gasteiger partial charge on any atom is -0.454 e. The fourth-order valence-electron chi connectivity index (χ4n) is 9.05. The summed E-state index contributed by atoms with van der Waals surface area (Å²) in [6, 6.07) is 64.1. The van der Waals surface area contributed by atoms with E-state index < -0.39 is 0 Å². The molecule has 6 nitrogen and oxygen atoms in total. The maximum atomic E-state index is 6.18. The third-order valence-corrected chi connectivity index (χ3v) is 13.2. The molecule has 0 aliphatic carbocycles. The molecule has 0 aliphatic heterocycles. The van der Waals surface area contributed by atoms with Crippen LogP contribution in [0.1, 0.15) is 0 Å². The van der Waals surface area contributed by atoms with Gasteiger partial charge in [-0.3, -0.25) is 9.55 Å². The van der Waals surface area contributed by atoms with Crippen LogP contribution in [-0.4, -0.2) is 24.5 Å². The summed E-state index contributed by atoms with van der Waals surface area (Å²) in [4.78, 5) is 20.7. The summed E-state index contributed by atoms with van der Waals surface area (Å²) in [5.74, 6) is 1.72. The molecule has 5 heterocycles. The first-order valence-electron chi connectivity index (χ1n) is 20.3. The van der Waals surface area contributed by atoms with Crippen LogP contribution in [0.3, 0.4) is 0 Å². The van der Waals surface area contributed by atoms with E-state index in [1.807, 2.05) is 24.3 Å². The van der Waals surface area contributed by atoms with Gasteiger partial charge in [0.2, 0.25) is 5.95 Å². The van der Waals surface area contributed by atoms with Gasteiger partial charge in [-0.1, -0.05) is 121 Å². The molecule has 0 aliphatic rings. The van der Waals surface area contributed by atoms with Crippen molar-refractivity contribution in [2.75, 3.05) is 0 Å². The summed E-state index contributed by atoms with van der Waals surface area (Å²) < 4.78 is 10.8. The van der Waals surface area contributed by atoms with E-state index in [0.717, 1.165) is 70.8 Å². The predicted molar refractivity (Wildman–Crippen MR) is 251 cm³/mol. The zero-order valence-corrected chi connectivity index (χ0v) is 33.3. The molecule has 8 aromatic carbocycles. The van der Waals surface area contributed by atoms with Crippen LogP contribution in [0.4, 0.5) is 0 Å². The summed E-state index contributed by atoms with van der Waals surface area (Å²) in [5.41, 5.74) is 10.9. The van der Waals surface area contributed by atoms with Crippen LogP contribution in [0.15, 0.2) is 193 Å². The number of hydrogen-bond donors (Lipinski definition) is 0. The van der Waals surface area contributed by atoms with Gasteiger partial charge >= 0.3 is 0 Å². The Hall–Kier alpha value is -8.00. The minimum atomic E-state index is 0.545. The minimum absolute atomic E-state index is 0.545. The third-order valence-electron chi connectivity index (χ3n) is 11.9. The normalized spacial score (nSPS) is 11.9. The van der Waals surface area contributed by atoms with Gasteiger partial charge < -0.3 is 4.42 Å². The van der Waals surface area contributed by atoms with Crippen molar-refractivity contribution in [2.24, 2.45) is 0 Å². The highest BCUT2D eigenvalue weighted by atomic mass is 32.1. The molecule has 5 aromatic heterocycles. The number of furan rings is 1. The first kappa shape index (κ1) is 33.9. The van der Waals surface area contributed by atoms with Gasteiger partial charge in [0.1, 0.15) is 11.1 Å². The van der Waals surface area contributed by atoms with E-state index in [4.69, 9.17) is 19.4 Å². The number of hydrogen-bond acceptors (Lipinski definition) is 6. The smallest absolute Gasteiger partial charge is 0.238 e. The Balaban J connectivity index is 1.07. The van der Waals surface area contributed by atoms with E-state index in [9.17, 15) is 0 Å². The number of rotatable bonds is 5. The monoisotopic (exact) mass is 797 g/mol. The van der Waals surface area contributed by atoms with Crippen molar-refractivity contribution in [1.82, 2.24) is 24.5 Å². The van der Waals surface area contributed by atoms with Crippen molar-refractivity contribution in [3.8, 4) is 51.0 Å². The Morgan fingerprint density at radius 1 is 0.443 bits per heavy atom. The SMILES string of the molecule is c1ccc(-c2ccc(-c3ccc4c(c3)c3c5ccccc5ccc3n4-c3nc(-c4ccc5oc6cccnc6c5c4)nc(-c4cccc5c4sc4ccccc45)n3)cc2)cc1. The van der Waals surface area contributed by atoms with Crippen molar-refractivity contribution < 1.29 is 4.42 Å². The molecule has 61 heavy (non-hydrogen) atoms. The average Bonchev–Trinajstić information content (AvgIpc) is 4.01. The molecule has 7 heteroatoms. The van der Waals surface area contributed by atoms with Gasteiger partial charge in [-0.25, -0.2) is 4.98 Å². The summed E-state index contributed by atoms with van der Waals surface area (Å²) in [5, 5.41) is 7.96. The molecular formula is C54H31N5OS. The second kappa shape index (κ2) is 13.3. The van der Waals surface area contributed by atoms with Crippen molar-refractivity contribution in [3.63, 3.8) is 0 Å². The fraction of sp³-hybridized carbons (Fsp3) is 0. The molecule has 0 saturated carbocycles. The lowest BCUT2D eigenvalue weighted by Crippen LogP contribution is -2.06. The first-order valence-corrected chi connectivity index (χ1v) is 21.1. The molecule has 0 amide bonds. The molecule has 0 N–H and O–H groups in total. The van der Waals surface area contributed by atoms with Gasteiger partial charge in [-0.05, 0) is 93.7 Å². The fourth-order valence-corrected chi connectivity index (χ4v) is 10.3. The second-order valence-electron chi connectivity index (χ2n) is 15.4. The molecule has 0 spiro atoms. The van der Waals surface area contributed by atoms with Crippen LogP contribution < -0.4 is 0 Å². The predicted octanol–water partition coefficient (Wildman–Crippen LogP) is 14.5. The molecule has 0 fully saturated rings. The maximum Gasteiger partial charge on any atom is 0.238 e. The Morgan fingerprint density at radius 3 is 2.05 bits per heavy atom. The third kappa shape index (κ3) is 5.34. The van der Waals surface area contributed by atoms with Crippen molar-refractivity contribution in [3.05, 3.63) is 188 Å². The lowest BCUT2D eigenvalue weighted by molar-refractivity contribution is 0.668. The highest BCUT2D eigenvalue weighted by Gasteiger charge is 2.22. The summed E-state index contributed by atoms with van der Waals surface area (Å²) >= 11 is 1.77. The number of benzene rings is 8. The first-order chi connectivity index (χ1) is 30.2. The lowest BCUT2D eigenvalue weighted by Gasteiger charge is -2.12. The maximum absolute atomic E-state index is 6.18. The molecule has 284 valence electrons. The van der Waals surface area contributed by atoms with Crippen LogP contribution in [-0.2, 0) is 0 Å². The largest absolute Gasteiger partial charge is 0.454 e. The van der Waals surface area contributed by atoms with Gasteiger partial charge in [0.15, 0.2) is 17.2 Å². The zero-order chi connectivity index (χ0) is 40.0. The van der Waals surface area contributed by atoms with Crippen molar-refractivity contribution in [2.45, 2.75) is 0 Å². The second-order valence-corrected chi connectivity index (χ2v) is 16.5. The van der Waals surface area contributed by atoms with Crippen LogP contribution in [0.25, 0.3) is 126 Å². The molecule has 0 bridgehead atoms. The van der Waals surface area contributed by atoms with Crippen molar-refractivity contribution >= 4 is 86.2 Å². The number of nitrogens with zero attached hydrogens (tertiary/aromatic N) is 5. The van der Waals surface area contributed by atoms with E-state index >= 15 is 0 Å². The summed E-state index contributed by atoms with van der Waals surface area (Å²) in [6.07, 6.45) is 1.80. The number of pyridine rings is 1. The standard InChI is InChI=1S/C54H31N5OS/c1-2-10-32(11-3-1)33-19-21-34(22-20-33)36-24-26-44-42(30-36)49-38-13-5-4-12-35(38)23-27-45(49)59(44)54-57-52(37-25-28-46-43(31-37)50-47(60-46)17-9-29-55-50)56-53(58-54)41-16-8-15-40-39-14-6-7-18-48(39)61-51(40)41/h1-31H. The average molecular weight is 798 g/mol. The zero-order valence-electron chi connectivity index (χ0n) is 32.5. The van der Waals surface area contributed by atoms with Crippen LogP contribution in [0.5, 0.6) is 0 Å². The number of fused-ring (bicyclic) bond motifs is 11. The Labute approximate surface area is 352 Å². The van der Waals surface area contributed by atoms with Gasteiger partial charge in [0.05, 0.1) is 11.0 Å². The summed E-state index contributed by atoms with van der Waals surface area (Å²) in [7, 11) is 0. The summed E-state index contributed by atoms with van der Waals surface area (Å²) in [6.45, 7) is 0. The topological polar surface area (TPSA) is 69.6 Å². The van der Waals surface area contributed by atoms with Crippen LogP contribution in [0, 0.1) is 0 Å². The molecule has 0 unspecified atom stereocenters. The van der Waals surface area contributed by atoms with Crippen molar-refractivity contribution in [1.29, 1.82) is 0 Å². The van der Waals surface area contributed by atoms with Crippen LogP contribution >= 0.6 is 11.3 Å². The van der Waals surface area contributed by atoms with E-state index in [1.165, 1.54) is 37.4 Å². The molecule has 0 atom stereocenters. The van der Waals surface area contributed by atoms with Crippen LogP contribution in [0.2, 0.25) is 0 Å². The van der Waals surface area contributed by atoms with Gasteiger partial charge in [-0.2, -0.15) is 9.97 Å². The van der Waals surface area contributed by atoms with Gasteiger partial charge in [-0.15, -0.1) is 11.3 Å². The van der Waals surface area contributed by atoms with E-state index in [2.05, 4.69) is 167 Å². The Bertz CT molecular complexity index is 3880. The quantitative estimate of drug-likeness (QED) is 0.173. The molecule has 13 rings (SSSR count). The number of aromatic nitrogens is 5. The highest BCUT2D eigenvalue weighted by Crippen LogP contribution is 2.42. The van der Waals surface area contributed by atoms with E-state index in [0.29, 0.717) is 17.6 Å². The lowest BCUT2D eigenvalue weighted by atomic mass is 9.98. The highest BCUT2D eigenvalue weighted by molar-refractivity contribution is 7.26. The Morgan fingerprint density at radius 2 is 1.15 bits per heavy atom.